The van der Waals surface area contributed by atoms with Crippen LogP contribution in [0.3, 0.4) is 0 Å². The van der Waals surface area contributed by atoms with Crippen molar-refractivity contribution in [3.8, 4) is 5.75 Å². The predicted octanol–water partition coefficient (Wildman–Crippen LogP) is 3.37. The van der Waals surface area contributed by atoms with Gasteiger partial charge in [0.25, 0.3) is 5.69 Å². The molecule has 1 saturated heterocycles. The molecule has 3 fully saturated rings. The van der Waals surface area contributed by atoms with Crippen LogP contribution in [0.2, 0.25) is 0 Å². The lowest BCUT2D eigenvalue weighted by molar-refractivity contribution is -0.384. The van der Waals surface area contributed by atoms with Crippen LogP contribution in [-0.4, -0.2) is 22.7 Å². The first-order valence-electron chi connectivity index (χ1n) is 10.6. The largest absolute Gasteiger partial charge is 0.423 e. The van der Waals surface area contributed by atoms with Gasteiger partial charge in [0.05, 0.1) is 28.0 Å². The lowest BCUT2D eigenvalue weighted by Gasteiger charge is -2.37. The Morgan fingerprint density at radius 2 is 1.62 bits per heavy atom. The van der Waals surface area contributed by atoms with Gasteiger partial charge in [0.1, 0.15) is 5.75 Å². The number of hydrogen-bond donors (Lipinski definition) is 0. The summed E-state index contributed by atoms with van der Waals surface area (Å²) in [7, 11) is 0. The van der Waals surface area contributed by atoms with Gasteiger partial charge >= 0.3 is 5.97 Å². The molecule has 0 aromatic heterocycles. The molecule has 0 radical (unpaired) electrons. The van der Waals surface area contributed by atoms with Gasteiger partial charge in [-0.05, 0) is 48.3 Å². The normalized spacial score (nSPS) is 31.3. The Morgan fingerprint density at radius 3 is 2.28 bits per heavy atom. The number of carbonyl (C=O) groups is 3. The number of esters is 1. The fraction of sp³-hybridized carbons (Fsp3) is 0.292. The number of anilines is 1. The highest BCUT2D eigenvalue weighted by atomic mass is 16.6. The predicted molar refractivity (Wildman–Crippen MR) is 112 cm³/mol. The zero-order valence-corrected chi connectivity index (χ0v) is 16.8. The van der Waals surface area contributed by atoms with E-state index in [0.717, 1.165) is 12.5 Å². The maximum Gasteiger partial charge on any atom is 0.343 e. The van der Waals surface area contributed by atoms with Crippen LogP contribution >= 0.6 is 0 Å². The Labute approximate surface area is 182 Å². The second-order valence-corrected chi connectivity index (χ2v) is 8.86. The van der Waals surface area contributed by atoms with Gasteiger partial charge in [0, 0.05) is 18.2 Å². The van der Waals surface area contributed by atoms with Crippen LogP contribution in [0.4, 0.5) is 11.4 Å². The minimum Gasteiger partial charge on any atom is -0.423 e. The smallest absolute Gasteiger partial charge is 0.343 e. The quantitative estimate of drug-likeness (QED) is 0.184. The molecule has 2 saturated carbocycles. The molecular formula is C24H18N2O6. The van der Waals surface area contributed by atoms with Crippen molar-refractivity contribution in [2.45, 2.75) is 6.42 Å². The van der Waals surface area contributed by atoms with E-state index in [0.29, 0.717) is 17.5 Å². The molecule has 2 aromatic rings. The Bertz CT molecular complexity index is 1200. The lowest BCUT2D eigenvalue weighted by atomic mass is 9.63. The van der Waals surface area contributed by atoms with Crippen LogP contribution in [-0.2, 0) is 9.59 Å². The number of rotatable bonds is 4. The third kappa shape index (κ3) is 2.65. The molecule has 4 aliphatic carbocycles. The molecule has 5 aliphatic rings. The molecule has 0 N–H and O–H groups in total. The summed E-state index contributed by atoms with van der Waals surface area (Å²) in [4.78, 5) is 50.6. The maximum atomic E-state index is 13.3. The van der Waals surface area contributed by atoms with E-state index < -0.39 is 10.9 Å². The number of imide groups is 1. The maximum absolute atomic E-state index is 13.3. The molecule has 2 aromatic carbocycles. The molecule has 2 bridgehead atoms. The van der Waals surface area contributed by atoms with Crippen molar-refractivity contribution >= 4 is 29.2 Å². The molecule has 2 amide bonds. The van der Waals surface area contributed by atoms with Gasteiger partial charge in [-0.1, -0.05) is 24.3 Å². The fourth-order valence-electron chi connectivity index (χ4n) is 5.81. The number of amides is 2. The number of non-ortho nitro benzene ring substituents is 1. The summed E-state index contributed by atoms with van der Waals surface area (Å²) in [5.74, 6) is -0.305. The lowest BCUT2D eigenvalue weighted by Crippen LogP contribution is -2.40. The topological polar surface area (TPSA) is 107 Å². The monoisotopic (exact) mass is 430 g/mol. The van der Waals surface area contributed by atoms with Gasteiger partial charge in [-0.3, -0.25) is 19.7 Å². The number of hydrogen-bond acceptors (Lipinski definition) is 6. The summed E-state index contributed by atoms with van der Waals surface area (Å²) in [6.07, 6.45) is 5.33. The van der Waals surface area contributed by atoms with Crippen LogP contribution in [0.1, 0.15) is 16.8 Å². The van der Waals surface area contributed by atoms with Crippen molar-refractivity contribution in [3.63, 3.8) is 0 Å². The molecule has 1 heterocycles. The van der Waals surface area contributed by atoms with Crippen LogP contribution in [0, 0.1) is 45.6 Å². The first-order chi connectivity index (χ1) is 15.4. The molecule has 160 valence electrons. The molecule has 7 rings (SSSR count). The minimum absolute atomic E-state index is 0.0332. The highest BCUT2D eigenvalue weighted by molar-refractivity contribution is 6.22. The van der Waals surface area contributed by atoms with Gasteiger partial charge in [-0.2, -0.15) is 0 Å². The molecule has 0 spiro atoms. The Hall–Kier alpha value is -3.81. The summed E-state index contributed by atoms with van der Waals surface area (Å²) in [6, 6.07) is 11.5. The van der Waals surface area contributed by atoms with Gasteiger partial charge in [0.15, 0.2) is 0 Å². The van der Waals surface area contributed by atoms with E-state index in [2.05, 4.69) is 12.2 Å². The van der Waals surface area contributed by atoms with Crippen molar-refractivity contribution in [1.29, 1.82) is 0 Å². The molecular weight excluding hydrogens is 412 g/mol. The summed E-state index contributed by atoms with van der Waals surface area (Å²) < 4.78 is 5.38. The fourth-order valence-corrected chi connectivity index (χ4v) is 5.81. The van der Waals surface area contributed by atoms with Gasteiger partial charge < -0.3 is 4.74 Å². The molecule has 1 aliphatic heterocycles. The van der Waals surface area contributed by atoms with E-state index in [1.165, 1.54) is 35.2 Å². The number of nitro groups is 1. The van der Waals surface area contributed by atoms with Crippen molar-refractivity contribution in [1.82, 2.24) is 0 Å². The number of benzene rings is 2. The van der Waals surface area contributed by atoms with Gasteiger partial charge in [-0.25, -0.2) is 9.69 Å². The van der Waals surface area contributed by atoms with E-state index in [1.54, 1.807) is 12.1 Å². The van der Waals surface area contributed by atoms with E-state index in [4.69, 9.17) is 4.74 Å². The highest BCUT2D eigenvalue weighted by Gasteiger charge is 2.67. The third-order valence-electron chi connectivity index (χ3n) is 7.24. The summed E-state index contributed by atoms with van der Waals surface area (Å²) >= 11 is 0. The van der Waals surface area contributed by atoms with E-state index in [1.807, 2.05) is 0 Å². The average molecular weight is 430 g/mol. The second kappa shape index (κ2) is 6.59. The van der Waals surface area contributed by atoms with Crippen molar-refractivity contribution < 1.29 is 24.0 Å². The Kier molecular flexibility index (Phi) is 3.90. The summed E-state index contributed by atoms with van der Waals surface area (Å²) in [5.41, 5.74) is 0.183. The molecule has 8 heteroatoms. The third-order valence-corrected chi connectivity index (χ3v) is 7.24. The standard InChI is InChI=1S/C24H18N2O6/c27-22-20-16-7-8-17(19-11-18(16)19)21(20)23(28)25(22)13-4-2-6-15(10-13)32-24(29)12-3-1-5-14(9-12)26(30)31/h1-10,16-21H,11H2/t16-,17-,18-,19-,20-,21+/m0/s1. The first-order valence-corrected chi connectivity index (χ1v) is 10.6. The van der Waals surface area contributed by atoms with Gasteiger partial charge in [-0.15, -0.1) is 0 Å². The number of allylic oxidation sites excluding steroid dienone is 2. The van der Waals surface area contributed by atoms with Crippen LogP contribution in [0.5, 0.6) is 5.75 Å². The van der Waals surface area contributed by atoms with E-state index in [9.17, 15) is 24.5 Å². The highest BCUT2D eigenvalue weighted by Crippen LogP contribution is 2.65. The van der Waals surface area contributed by atoms with E-state index >= 15 is 0 Å². The number of ether oxygens (including phenoxy) is 1. The summed E-state index contributed by atoms with van der Waals surface area (Å²) in [5, 5.41) is 10.9. The second-order valence-electron chi connectivity index (χ2n) is 8.86. The first kappa shape index (κ1) is 18.9. The zero-order valence-electron chi connectivity index (χ0n) is 16.8. The number of carbonyl (C=O) groups excluding carboxylic acids is 3. The van der Waals surface area contributed by atoms with Crippen molar-refractivity contribution in [3.05, 3.63) is 76.4 Å². The van der Waals surface area contributed by atoms with Crippen LogP contribution in [0.25, 0.3) is 0 Å². The molecule has 32 heavy (non-hydrogen) atoms. The average Bonchev–Trinajstić information content (AvgIpc) is 3.57. The molecule has 0 unspecified atom stereocenters. The Morgan fingerprint density at radius 1 is 0.969 bits per heavy atom. The minimum atomic E-state index is -0.763. The number of nitro benzene ring substituents is 1. The van der Waals surface area contributed by atoms with E-state index in [-0.39, 0.29) is 52.5 Å². The SMILES string of the molecule is O=C(Oc1cccc(N2C(=O)[C@@H]3[C@H]4C=C[C@@H]([C@@H]5C[C@@H]45)[C@@H]3C2=O)c1)c1cccc([N+](=O)[O-])c1. The Balaban J connectivity index is 1.26. The van der Waals surface area contributed by atoms with Crippen LogP contribution < -0.4 is 9.64 Å². The zero-order chi connectivity index (χ0) is 22.1. The van der Waals surface area contributed by atoms with Crippen LogP contribution in [0.15, 0.2) is 60.7 Å². The van der Waals surface area contributed by atoms with Gasteiger partial charge in [0.2, 0.25) is 11.8 Å². The molecule has 6 atom stereocenters. The van der Waals surface area contributed by atoms with Crippen molar-refractivity contribution in [2.75, 3.05) is 4.90 Å². The number of nitrogens with zero attached hydrogens (tertiary/aromatic N) is 2. The van der Waals surface area contributed by atoms with Crippen molar-refractivity contribution in [2.24, 2.45) is 35.5 Å². The summed E-state index contributed by atoms with van der Waals surface area (Å²) in [6.45, 7) is 0. The molecule has 8 nitrogen and oxygen atoms in total.